The van der Waals surface area contributed by atoms with Gasteiger partial charge in [0.15, 0.2) is 11.6 Å². The van der Waals surface area contributed by atoms with Crippen LogP contribution >= 0.6 is 15.9 Å². The van der Waals surface area contributed by atoms with Crippen LogP contribution in [-0.4, -0.2) is 5.78 Å². The molecule has 1 aromatic carbocycles. The molecule has 0 atom stereocenters. The fourth-order valence-corrected chi connectivity index (χ4v) is 1.78. The first kappa shape index (κ1) is 12.0. The third-order valence-electron chi connectivity index (χ3n) is 2.34. The highest BCUT2D eigenvalue weighted by molar-refractivity contribution is 9.10. The summed E-state index contributed by atoms with van der Waals surface area (Å²) in [4.78, 5) is 11.9. The second-order valence-electron chi connectivity index (χ2n) is 3.48. The van der Waals surface area contributed by atoms with Gasteiger partial charge in [-0.25, -0.2) is 8.78 Å². The Labute approximate surface area is 104 Å². The minimum atomic E-state index is -0.925. The van der Waals surface area contributed by atoms with Gasteiger partial charge in [-0.05, 0) is 46.6 Å². The van der Waals surface area contributed by atoms with Crippen molar-refractivity contribution in [1.29, 1.82) is 0 Å². The maximum atomic E-state index is 13.7. The Morgan fingerprint density at radius 2 is 2.00 bits per heavy atom. The summed E-state index contributed by atoms with van der Waals surface area (Å²) in [5.74, 6) is -2.69. The van der Waals surface area contributed by atoms with Crippen molar-refractivity contribution in [3.63, 3.8) is 0 Å². The molecule has 0 spiro atoms. The molecule has 0 fully saturated rings. The first-order chi connectivity index (χ1) is 8.02. The minimum Gasteiger partial charge on any atom is -0.461 e. The number of halogens is 3. The average molecular weight is 301 g/mol. The van der Waals surface area contributed by atoms with E-state index in [2.05, 4.69) is 15.9 Å². The largest absolute Gasteiger partial charge is 0.461 e. The Morgan fingerprint density at radius 1 is 1.29 bits per heavy atom. The van der Waals surface area contributed by atoms with E-state index in [1.54, 1.807) is 13.0 Å². The van der Waals surface area contributed by atoms with Crippen molar-refractivity contribution in [2.45, 2.75) is 6.92 Å². The van der Waals surface area contributed by atoms with Crippen molar-refractivity contribution in [1.82, 2.24) is 0 Å². The Hall–Kier alpha value is -1.49. The summed E-state index contributed by atoms with van der Waals surface area (Å²) in [5, 5.41) is 0. The fraction of sp³-hybridized carbons (Fsp3) is 0.0833. The van der Waals surface area contributed by atoms with Gasteiger partial charge in [0.1, 0.15) is 5.82 Å². The normalized spacial score (nSPS) is 10.6. The minimum absolute atomic E-state index is 0.0338. The highest BCUT2D eigenvalue weighted by Crippen LogP contribution is 2.25. The Morgan fingerprint density at radius 3 is 2.59 bits per heavy atom. The van der Waals surface area contributed by atoms with Crippen molar-refractivity contribution in [2.24, 2.45) is 0 Å². The van der Waals surface area contributed by atoms with Gasteiger partial charge in [-0.2, -0.15) is 0 Å². The van der Waals surface area contributed by atoms with E-state index in [-0.39, 0.29) is 10.2 Å². The van der Waals surface area contributed by atoms with E-state index in [1.165, 1.54) is 12.3 Å². The average Bonchev–Trinajstić information content (AvgIpc) is 2.70. The lowest BCUT2D eigenvalue weighted by Gasteiger charge is -2.04. The van der Waals surface area contributed by atoms with Gasteiger partial charge < -0.3 is 4.42 Å². The first-order valence-electron chi connectivity index (χ1n) is 4.74. The van der Waals surface area contributed by atoms with Gasteiger partial charge in [-0.3, -0.25) is 4.79 Å². The van der Waals surface area contributed by atoms with Crippen LogP contribution in [0.4, 0.5) is 8.78 Å². The smallest absolute Gasteiger partial charge is 0.234 e. The van der Waals surface area contributed by atoms with Gasteiger partial charge in [-0.15, -0.1) is 0 Å². The van der Waals surface area contributed by atoms with Crippen LogP contribution in [0, 0.1) is 18.6 Å². The number of furan rings is 1. The van der Waals surface area contributed by atoms with E-state index in [1.807, 2.05) is 0 Å². The molecule has 2 aromatic rings. The van der Waals surface area contributed by atoms with E-state index in [4.69, 9.17) is 4.42 Å². The van der Waals surface area contributed by atoms with Crippen LogP contribution in [0.15, 0.2) is 33.4 Å². The molecule has 0 bridgehead atoms. The van der Waals surface area contributed by atoms with Crippen molar-refractivity contribution in [3.8, 4) is 0 Å². The third kappa shape index (κ3) is 2.02. The zero-order chi connectivity index (χ0) is 12.6. The second-order valence-corrected chi connectivity index (χ2v) is 4.33. The van der Waals surface area contributed by atoms with E-state index < -0.39 is 23.0 Å². The molecular formula is C12H7BrF2O2. The summed E-state index contributed by atoms with van der Waals surface area (Å²) >= 11 is 2.91. The second kappa shape index (κ2) is 4.41. The van der Waals surface area contributed by atoms with Gasteiger partial charge in [0, 0.05) is 0 Å². The SMILES string of the molecule is Cc1ccoc1C(=O)c1c(F)ccc(Br)c1F. The molecular weight excluding hydrogens is 294 g/mol. The van der Waals surface area contributed by atoms with Crippen LogP contribution in [-0.2, 0) is 0 Å². The monoisotopic (exact) mass is 300 g/mol. The van der Waals surface area contributed by atoms with Crippen LogP contribution in [0.5, 0.6) is 0 Å². The Kier molecular flexibility index (Phi) is 3.11. The van der Waals surface area contributed by atoms with Crippen LogP contribution in [0.25, 0.3) is 0 Å². The molecule has 0 radical (unpaired) electrons. The van der Waals surface area contributed by atoms with Gasteiger partial charge in [0.05, 0.1) is 16.3 Å². The van der Waals surface area contributed by atoms with Crippen LogP contribution in [0.3, 0.4) is 0 Å². The van der Waals surface area contributed by atoms with Crippen LogP contribution in [0.2, 0.25) is 0 Å². The molecule has 2 nitrogen and oxygen atoms in total. The molecule has 0 saturated heterocycles. The highest BCUT2D eigenvalue weighted by Gasteiger charge is 2.24. The molecule has 2 rings (SSSR count). The van der Waals surface area contributed by atoms with E-state index >= 15 is 0 Å². The number of carbonyl (C=O) groups is 1. The Balaban J connectivity index is 2.59. The van der Waals surface area contributed by atoms with Crippen LogP contribution < -0.4 is 0 Å². The number of benzene rings is 1. The molecule has 0 aliphatic rings. The predicted molar refractivity (Wildman–Crippen MR) is 60.9 cm³/mol. The molecule has 1 heterocycles. The number of aryl methyl sites for hydroxylation is 1. The molecule has 88 valence electrons. The number of hydrogen-bond acceptors (Lipinski definition) is 2. The van der Waals surface area contributed by atoms with E-state index in [0.29, 0.717) is 5.56 Å². The first-order valence-corrected chi connectivity index (χ1v) is 5.54. The lowest BCUT2D eigenvalue weighted by molar-refractivity contribution is 0.1000. The van der Waals surface area contributed by atoms with Crippen molar-refractivity contribution in [3.05, 3.63) is 57.5 Å². The van der Waals surface area contributed by atoms with Gasteiger partial charge >= 0.3 is 0 Å². The summed E-state index contributed by atoms with van der Waals surface area (Å²) in [6.07, 6.45) is 1.30. The van der Waals surface area contributed by atoms with Gasteiger partial charge in [0.25, 0.3) is 0 Å². The molecule has 0 aliphatic heterocycles. The summed E-state index contributed by atoms with van der Waals surface area (Å²) in [6.45, 7) is 1.63. The highest BCUT2D eigenvalue weighted by atomic mass is 79.9. The zero-order valence-electron chi connectivity index (χ0n) is 8.76. The summed E-state index contributed by atoms with van der Waals surface area (Å²) in [5.41, 5.74) is -0.0776. The summed E-state index contributed by atoms with van der Waals surface area (Å²) < 4.78 is 32.1. The molecule has 0 aliphatic carbocycles. The maximum Gasteiger partial charge on any atom is 0.234 e. The maximum absolute atomic E-state index is 13.7. The topological polar surface area (TPSA) is 30.2 Å². The number of carbonyl (C=O) groups excluding carboxylic acids is 1. The molecule has 0 saturated carbocycles. The molecule has 17 heavy (non-hydrogen) atoms. The lowest BCUT2D eigenvalue weighted by Crippen LogP contribution is -2.08. The molecule has 1 aromatic heterocycles. The third-order valence-corrected chi connectivity index (χ3v) is 2.95. The predicted octanol–water partition coefficient (Wildman–Crippen LogP) is 3.86. The quantitative estimate of drug-likeness (QED) is 0.623. The van der Waals surface area contributed by atoms with Crippen molar-refractivity contribution in [2.75, 3.05) is 0 Å². The lowest BCUT2D eigenvalue weighted by atomic mass is 10.1. The summed E-state index contributed by atoms with van der Waals surface area (Å²) in [7, 11) is 0. The van der Waals surface area contributed by atoms with E-state index in [9.17, 15) is 13.6 Å². The van der Waals surface area contributed by atoms with Crippen molar-refractivity contribution < 1.29 is 18.0 Å². The molecule has 0 N–H and O–H groups in total. The van der Waals surface area contributed by atoms with Gasteiger partial charge in [-0.1, -0.05) is 0 Å². The molecule has 0 amide bonds. The molecule has 0 unspecified atom stereocenters. The molecule has 5 heteroatoms. The van der Waals surface area contributed by atoms with E-state index in [0.717, 1.165) is 6.07 Å². The van der Waals surface area contributed by atoms with Gasteiger partial charge in [0.2, 0.25) is 5.78 Å². The fourth-order valence-electron chi connectivity index (χ4n) is 1.45. The standard InChI is InChI=1S/C12H7BrF2O2/c1-6-4-5-17-12(6)11(16)9-8(14)3-2-7(13)10(9)15/h2-5H,1H3. The van der Waals surface area contributed by atoms with Crippen LogP contribution in [0.1, 0.15) is 21.7 Å². The number of hydrogen-bond donors (Lipinski definition) is 0. The number of rotatable bonds is 2. The van der Waals surface area contributed by atoms with Crippen molar-refractivity contribution >= 4 is 21.7 Å². The Bertz CT molecular complexity index is 590. The summed E-state index contributed by atoms with van der Waals surface area (Å²) in [6, 6.07) is 3.79. The zero-order valence-corrected chi connectivity index (χ0v) is 10.3. The number of ketones is 1.